The summed E-state index contributed by atoms with van der Waals surface area (Å²) in [5, 5.41) is 0.799. The molecule has 0 spiro atoms. The van der Waals surface area contributed by atoms with Gasteiger partial charge in [-0.2, -0.15) is 0 Å². The molecule has 1 saturated heterocycles. The van der Waals surface area contributed by atoms with Gasteiger partial charge in [-0.15, -0.1) is 11.3 Å². The van der Waals surface area contributed by atoms with Gasteiger partial charge in [0.25, 0.3) is 5.91 Å². The summed E-state index contributed by atoms with van der Waals surface area (Å²) >= 11 is 7.27. The molecule has 1 aliphatic rings. The highest BCUT2D eigenvalue weighted by atomic mass is 35.5. The first kappa shape index (κ1) is 19.6. The fourth-order valence-corrected chi connectivity index (χ4v) is 4.61. The zero-order valence-corrected chi connectivity index (χ0v) is 16.9. The van der Waals surface area contributed by atoms with Gasteiger partial charge in [0.2, 0.25) is 0 Å². The van der Waals surface area contributed by atoms with Crippen LogP contribution in [0.3, 0.4) is 0 Å². The molecule has 6 nitrogen and oxygen atoms in total. The number of rotatable bonds is 4. The van der Waals surface area contributed by atoms with E-state index in [0.717, 1.165) is 17.2 Å². The third kappa shape index (κ3) is 4.18. The van der Waals surface area contributed by atoms with Crippen molar-refractivity contribution in [3.63, 3.8) is 0 Å². The maximum absolute atomic E-state index is 13.4. The maximum atomic E-state index is 13.4. The largest absolute Gasteiger partial charge is 0.451 e. The van der Waals surface area contributed by atoms with Crippen LogP contribution in [0.5, 0.6) is 0 Å². The Labute approximate surface area is 175 Å². The molecule has 1 aromatic carbocycles. The normalized spacial score (nSPS) is 14.3. The van der Waals surface area contributed by atoms with Crippen molar-refractivity contribution in [2.24, 2.45) is 0 Å². The van der Waals surface area contributed by atoms with Gasteiger partial charge in [0, 0.05) is 42.5 Å². The smallest absolute Gasteiger partial charge is 0.350 e. The number of thiophene rings is 1. The van der Waals surface area contributed by atoms with Crippen LogP contribution in [-0.4, -0.2) is 54.5 Å². The molecule has 0 saturated carbocycles. The Morgan fingerprint density at radius 3 is 2.69 bits per heavy atom. The lowest BCUT2D eigenvalue weighted by molar-refractivity contribution is -0.134. The summed E-state index contributed by atoms with van der Waals surface area (Å²) in [7, 11) is 0. The number of hydrogen-bond donors (Lipinski definition) is 0. The van der Waals surface area contributed by atoms with Crippen LogP contribution in [0.1, 0.15) is 9.67 Å². The van der Waals surface area contributed by atoms with Crippen molar-refractivity contribution in [1.29, 1.82) is 0 Å². The molecular weight excluding hydrogens is 417 g/mol. The Kier molecular flexibility index (Phi) is 5.64. The fraction of sp³-hybridized carbons (Fsp3) is 0.250. The number of carbonyl (C=O) groups excluding carboxylic acids is 2. The molecule has 0 unspecified atom stereocenters. The molecule has 0 radical (unpaired) electrons. The number of anilines is 1. The summed E-state index contributed by atoms with van der Waals surface area (Å²) in [6.45, 7) is 2.00. The van der Waals surface area contributed by atoms with E-state index in [1.54, 1.807) is 11.1 Å². The summed E-state index contributed by atoms with van der Waals surface area (Å²) in [6.07, 6.45) is 1.74. The topological polar surface area (TPSA) is 62.7 Å². The monoisotopic (exact) mass is 433 g/mol. The number of fused-ring (bicyclic) bond motifs is 1. The lowest BCUT2D eigenvalue weighted by Gasteiger charge is -2.35. The van der Waals surface area contributed by atoms with Crippen LogP contribution in [-0.2, 0) is 9.53 Å². The molecule has 1 aliphatic heterocycles. The van der Waals surface area contributed by atoms with Crippen molar-refractivity contribution in [2.75, 3.05) is 37.7 Å². The van der Waals surface area contributed by atoms with Gasteiger partial charge in [-0.25, -0.2) is 14.2 Å². The van der Waals surface area contributed by atoms with Gasteiger partial charge in [-0.3, -0.25) is 4.79 Å². The van der Waals surface area contributed by atoms with Crippen LogP contribution in [0.15, 0.2) is 42.6 Å². The number of ether oxygens (including phenoxy) is 1. The van der Waals surface area contributed by atoms with Gasteiger partial charge >= 0.3 is 5.97 Å². The molecule has 0 bridgehead atoms. The summed E-state index contributed by atoms with van der Waals surface area (Å²) in [5.41, 5.74) is 0. The number of piperazine rings is 1. The first-order valence-corrected chi connectivity index (χ1v) is 10.2. The Balaban J connectivity index is 1.33. The average molecular weight is 434 g/mol. The van der Waals surface area contributed by atoms with Crippen LogP contribution in [0.4, 0.5) is 10.2 Å². The molecule has 9 heteroatoms. The Morgan fingerprint density at radius 1 is 1.17 bits per heavy atom. The van der Waals surface area contributed by atoms with Crippen LogP contribution in [0, 0.1) is 5.82 Å². The molecule has 4 rings (SSSR count). The standard InChI is InChI=1S/C20H17ClFN3O3S/c21-18-14-5-4-13(22)11-15(14)29-19(18)20(27)28-12-17(26)25-9-7-24(8-10-25)16-3-1-2-6-23-16/h1-6,11H,7-10,12H2. The van der Waals surface area contributed by atoms with E-state index in [9.17, 15) is 14.0 Å². The SMILES string of the molecule is O=C(OCC(=O)N1CCN(c2ccccn2)CC1)c1sc2cc(F)ccc2c1Cl. The minimum Gasteiger partial charge on any atom is -0.451 e. The summed E-state index contributed by atoms with van der Waals surface area (Å²) < 4.78 is 19.1. The van der Waals surface area contributed by atoms with Crippen molar-refractivity contribution < 1.29 is 18.7 Å². The van der Waals surface area contributed by atoms with Gasteiger partial charge in [0.1, 0.15) is 16.5 Å². The van der Waals surface area contributed by atoms with Gasteiger partial charge in [-0.05, 0) is 30.3 Å². The van der Waals surface area contributed by atoms with E-state index in [1.165, 1.54) is 18.2 Å². The van der Waals surface area contributed by atoms with Crippen molar-refractivity contribution in [3.8, 4) is 0 Å². The summed E-state index contributed by atoms with van der Waals surface area (Å²) in [5.74, 6) is -0.475. The third-order valence-corrected chi connectivity index (χ3v) is 6.35. The number of aromatic nitrogens is 1. The minimum atomic E-state index is -0.683. The number of benzene rings is 1. The zero-order chi connectivity index (χ0) is 20.4. The first-order chi connectivity index (χ1) is 14.0. The Bertz CT molecular complexity index is 1050. The second-order valence-corrected chi connectivity index (χ2v) is 7.95. The quantitative estimate of drug-likeness (QED) is 0.588. The Morgan fingerprint density at radius 2 is 1.97 bits per heavy atom. The van der Waals surface area contributed by atoms with E-state index in [1.807, 2.05) is 18.2 Å². The second-order valence-electron chi connectivity index (χ2n) is 6.52. The molecule has 150 valence electrons. The first-order valence-electron chi connectivity index (χ1n) is 9.01. The third-order valence-electron chi connectivity index (χ3n) is 4.71. The highest BCUT2D eigenvalue weighted by molar-refractivity contribution is 7.21. The predicted molar refractivity (Wildman–Crippen MR) is 110 cm³/mol. The molecule has 0 aliphatic carbocycles. The number of hydrogen-bond acceptors (Lipinski definition) is 6. The van der Waals surface area contributed by atoms with Crippen molar-refractivity contribution in [2.45, 2.75) is 0 Å². The van der Waals surface area contributed by atoms with Crippen molar-refractivity contribution in [1.82, 2.24) is 9.88 Å². The number of carbonyl (C=O) groups is 2. The fourth-order valence-electron chi connectivity index (χ4n) is 3.18. The van der Waals surface area contributed by atoms with Gasteiger partial charge in [0.05, 0.1) is 5.02 Å². The lowest BCUT2D eigenvalue weighted by atomic mass is 10.2. The average Bonchev–Trinajstić information content (AvgIpc) is 3.08. The number of halogens is 2. The molecule has 1 fully saturated rings. The molecule has 29 heavy (non-hydrogen) atoms. The highest BCUT2D eigenvalue weighted by Gasteiger charge is 2.24. The number of esters is 1. The molecule has 0 atom stereocenters. The lowest BCUT2D eigenvalue weighted by Crippen LogP contribution is -2.50. The van der Waals surface area contributed by atoms with Gasteiger partial charge < -0.3 is 14.5 Å². The number of pyridine rings is 1. The van der Waals surface area contributed by atoms with Gasteiger partial charge in [-0.1, -0.05) is 17.7 Å². The van der Waals surface area contributed by atoms with Crippen LogP contribution < -0.4 is 4.90 Å². The number of amides is 1. The second kappa shape index (κ2) is 8.34. The van der Waals surface area contributed by atoms with Crippen LogP contribution in [0.25, 0.3) is 10.1 Å². The highest BCUT2D eigenvalue weighted by Crippen LogP contribution is 2.36. The molecule has 2 aromatic heterocycles. The van der Waals surface area contributed by atoms with E-state index < -0.39 is 11.8 Å². The summed E-state index contributed by atoms with van der Waals surface area (Å²) in [4.78, 5) is 33.0. The molecule has 3 heterocycles. The van der Waals surface area contributed by atoms with Crippen LogP contribution in [0.2, 0.25) is 5.02 Å². The van der Waals surface area contributed by atoms with E-state index >= 15 is 0 Å². The van der Waals surface area contributed by atoms with Crippen LogP contribution >= 0.6 is 22.9 Å². The minimum absolute atomic E-state index is 0.167. The molecule has 0 N–H and O–H groups in total. The van der Waals surface area contributed by atoms with E-state index in [4.69, 9.17) is 16.3 Å². The molecular formula is C20H17ClFN3O3S. The number of nitrogens with zero attached hydrogens (tertiary/aromatic N) is 3. The van der Waals surface area contributed by atoms with E-state index in [0.29, 0.717) is 36.3 Å². The molecule has 1 amide bonds. The Hall–Kier alpha value is -2.71. The predicted octanol–water partition coefficient (Wildman–Crippen LogP) is 3.59. The van der Waals surface area contributed by atoms with Crippen molar-refractivity contribution in [3.05, 3.63) is 58.3 Å². The van der Waals surface area contributed by atoms with Crippen molar-refractivity contribution >= 4 is 50.7 Å². The van der Waals surface area contributed by atoms with E-state index in [2.05, 4.69) is 9.88 Å². The summed E-state index contributed by atoms with van der Waals surface area (Å²) in [6, 6.07) is 9.83. The maximum Gasteiger partial charge on any atom is 0.350 e. The molecule has 3 aromatic rings. The van der Waals surface area contributed by atoms with Gasteiger partial charge in [0.15, 0.2) is 6.61 Å². The van der Waals surface area contributed by atoms with E-state index in [-0.39, 0.29) is 22.4 Å². The zero-order valence-electron chi connectivity index (χ0n) is 15.3.